The molecule has 0 aliphatic rings. The summed E-state index contributed by atoms with van der Waals surface area (Å²) >= 11 is 9.00. The van der Waals surface area contributed by atoms with Gasteiger partial charge in [0.2, 0.25) is 8.77 Å². The van der Waals surface area contributed by atoms with Gasteiger partial charge in [0.15, 0.2) is 0 Å². The summed E-state index contributed by atoms with van der Waals surface area (Å²) in [6.07, 6.45) is 0. The SMILES string of the molecule is O=S(O)(=S(I)C(Cl)Br)C(F)(F)F. The third-order valence-corrected chi connectivity index (χ3v) is 16.0. The lowest BCUT2D eigenvalue weighted by Crippen LogP contribution is -2.26. The Morgan fingerprint density at radius 3 is 2.08 bits per heavy atom. The molecule has 0 spiro atoms. The van der Waals surface area contributed by atoms with E-state index in [0.717, 1.165) is 0 Å². The zero-order chi connectivity index (χ0) is 10.2. The monoisotopic (exact) mass is 420 g/mol. The van der Waals surface area contributed by atoms with Crippen molar-refractivity contribution < 1.29 is 21.9 Å². The molecule has 0 saturated heterocycles. The quantitative estimate of drug-likeness (QED) is 0.402. The Hall–Kier alpha value is 1.75. The lowest BCUT2D eigenvalue weighted by Gasteiger charge is -2.11. The number of halogens is 6. The lowest BCUT2D eigenvalue weighted by molar-refractivity contribution is -0.0452. The molecular weight excluding hydrogens is 419 g/mol. The first kappa shape index (κ1) is 13.8. The van der Waals surface area contributed by atoms with E-state index in [0.29, 0.717) is 0 Å². The molecule has 0 fully saturated rings. The van der Waals surface area contributed by atoms with Gasteiger partial charge in [-0.05, 0) is 6.63 Å². The maximum absolute atomic E-state index is 11.8. The van der Waals surface area contributed by atoms with Crippen LogP contribution in [0.1, 0.15) is 0 Å². The van der Waals surface area contributed by atoms with E-state index in [-0.39, 0.29) is 0 Å². The highest BCUT2D eigenvalue weighted by Crippen LogP contribution is 2.31. The van der Waals surface area contributed by atoms with Crippen molar-refractivity contribution in [3.05, 3.63) is 0 Å². The van der Waals surface area contributed by atoms with E-state index in [1.807, 2.05) is 0 Å². The molecule has 10 heteroatoms. The number of hydrogen-bond acceptors (Lipinski definition) is 1. The Labute approximate surface area is 94.4 Å². The van der Waals surface area contributed by atoms with Crippen molar-refractivity contribution in [3.8, 4) is 0 Å². The highest BCUT2D eigenvalue weighted by atomic mass is 127. The molecule has 0 rings (SSSR count). The molecule has 0 saturated carbocycles. The average molecular weight is 421 g/mol. The maximum atomic E-state index is 11.8. The normalized spacial score (nSPS) is 22.9. The van der Waals surface area contributed by atoms with E-state index < -0.39 is 24.5 Å². The van der Waals surface area contributed by atoms with Crippen molar-refractivity contribution in [3.63, 3.8) is 0 Å². The zero-order valence-electron chi connectivity index (χ0n) is 5.02. The second-order valence-corrected chi connectivity index (χ2v) is 13.6. The van der Waals surface area contributed by atoms with Crippen LogP contribution in [0.2, 0.25) is 0 Å². The predicted molar refractivity (Wildman–Crippen MR) is 56.8 cm³/mol. The topological polar surface area (TPSA) is 37.3 Å². The van der Waals surface area contributed by atoms with Gasteiger partial charge in [-0.3, -0.25) is 0 Å². The summed E-state index contributed by atoms with van der Waals surface area (Å²) in [5.41, 5.74) is -5.13. The van der Waals surface area contributed by atoms with E-state index >= 15 is 0 Å². The smallest absolute Gasteiger partial charge is 0.302 e. The molecule has 0 radical (unpaired) electrons. The average Bonchev–Trinajstić information content (AvgIpc) is 1.83. The van der Waals surface area contributed by atoms with E-state index in [2.05, 4.69) is 15.9 Å². The highest BCUT2D eigenvalue weighted by Gasteiger charge is 2.43. The van der Waals surface area contributed by atoms with E-state index in [1.165, 1.54) is 21.2 Å². The predicted octanol–water partition coefficient (Wildman–Crippen LogP) is 3.06. The van der Waals surface area contributed by atoms with Gasteiger partial charge in [-0.2, -0.15) is 13.2 Å². The second kappa shape index (κ2) is 4.51. The molecule has 2 nitrogen and oxygen atoms in total. The van der Waals surface area contributed by atoms with Crippen LogP contribution in [-0.2, 0) is 15.4 Å². The van der Waals surface area contributed by atoms with Gasteiger partial charge in [0.25, 0.3) is 0 Å². The Bertz CT molecular complexity index is 283. The highest BCUT2D eigenvalue weighted by molar-refractivity contribution is 14.2. The van der Waals surface area contributed by atoms with Crippen LogP contribution in [0.25, 0.3) is 0 Å². The molecule has 3 atom stereocenters. The fourth-order valence-electron chi connectivity index (χ4n) is 0.189. The van der Waals surface area contributed by atoms with Gasteiger partial charge in [-0.1, -0.05) is 27.5 Å². The van der Waals surface area contributed by atoms with Crippen molar-refractivity contribution in [2.75, 3.05) is 0 Å². The van der Waals surface area contributed by atoms with E-state index in [9.17, 15) is 17.4 Å². The van der Waals surface area contributed by atoms with Gasteiger partial charge in [0.1, 0.15) is 3.62 Å². The third kappa shape index (κ3) is 3.15. The summed E-state index contributed by atoms with van der Waals surface area (Å²) in [4.78, 5) is 0. The molecule has 0 aromatic rings. The summed E-state index contributed by atoms with van der Waals surface area (Å²) in [7, 11) is -4.89. The molecular formula is C2H2BrClF3IO2S2. The maximum Gasteiger partial charge on any atom is 0.493 e. The summed E-state index contributed by atoms with van der Waals surface area (Å²) in [5, 5.41) is 0. The van der Waals surface area contributed by atoms with Crippen LogP contribution in [0.15, 0.2) is 0 Å². The molecule has 3 unspecified atom stereocenters. The minimum absolute atomic E-state index is 1.17. The van der Waals surface area contributed by atoms with Crippen LogP contribution in [0.4, 0.5) is 13.2 Å². The molecule has 1 N–H and O–H groups in total. The Morgan fingerprint density at radius 1 is 1.67 bits per heavy atom. The first-order valence-electron chi connectivity index (χ1n) is 2.11. The molecule has 76 valence electrons. The number of hydrogen-bond donors (Lipinski definition) is 1. The first-order valence-corrected chi connectivity index (χ1v) is 9.33. The Balaban J connectivity index is 5.38. The van der Waals surface area contributed by atoms with Crippen molar-refractivity contribution in [2.24, 2.45) is 0 Å². The third-order valence-electron chi connectivity index (χ3n) is 0.648. The molecule has 0 bridgehead atoms. The van der Waals surface area contributed by atoms with Gasteiger partial charge in [0.05, 0.1) is 0 Å². The second-order valence-electron chi connectivity index (χ2n) is 1.43. The molecule has 0 heterocycles. The van der Waals surface area contributed by atoms with Crippen LogP contribution in [0.5, 0.6) is 0 Å². The van der Waals surface area contributed by atoms with Gasteiger partial charge in [-0.25, -0.2) is 4.21 Å². The molecule has 12 heavy (non-hydrogen) atoms. The summed E-state index contributed by atoms with van der Waals surface area (Å²) in [6, 6.07) is 0. The number of alkyl halides is 5. The van der Waals surface area contributed by atoms with Crippen LogP contribution >= 0.6 is 48.7 Å². The zero-order valence-corrected chi connectivity index (χ0v) is 11.1. The Kier molecular flexibility index (Phi) is 5.17. The minimum Gasteiger partial charge on any atom is -0.302 e. The van der Waals surface area contributed by atoms with E-state index in [1.54, 1.807) is 0 Å². The largest absolute Gasteiger partial charge is 0.493 e. The van der Waals surface area contributed by atoms with Crippen molar-refractivity contribution >= 4 is 64.1 Å². The fraction of sp³-hybridized carbons (Fsp3) is 1.00. The van der Waals surface area contributed by atoms with Crippen molar-refractivity contribution in [1.29, 1.82) is 0 Å². The summed E-state index contributed by atoms with van der Waals surface area (Å²) in [6.45, 7) is -1.89. The lowest BCUT2D eigenvalue weighted by atomic mass is 11.6. The molecule has 0 aliphatic carbocycles. The van der Waals surface area contributed by atoms with Gasteiger partial charge < -0.3 is 4.55 Å². The van der Waals surface area contributed by atoms with Gasteiger partial charge in [-0.15, -0.1) is 0 Å². The van der Waals surface area contributed by atoms with E-state index in [4.69, 9.17) is 16.2 Å². The van der Waals surface area contributed by atoms with Crippen molar-refractivity contribution in [1.82, 2.24) is 0 Å². The molecule has 0 aromatic carbocycles. The standard InChI is InChI=1S/C2H2BrClF3IO2S2/c3-1(4)11(8)12(9,10)2(5,6)7/h1H,(H,9,10). The molecule has 0 amide bonds. The summed E-state index contributed by atoms with van der Waals surface area (Å²) in [5.74, 6) is 0. The first-order chi connectivity index (χ1) is 5.10. The minimum atomic E-state index is -5.13. The van der Waals surface area contributed by atoms with Gasteiger partial charge >= 0.3 is 5.51 Å². The van der Waals surface area contributed by atoms with Crippen LogP contribution in [0, 0.1) is 0 Å². The van der Waals surface area contributed by atoms with Crippen LogP contribution in [-0.4, -0.2) is 17.9 Å². The van der Waals surface area contributed by atoms with Crippen LogP contribution < -0.4 is 0 Å². The fourth-order valence-corrected chi connectivity index (χ4v) is 6.28. The van der Waals surface area contributed by atoms with Crippen molar-refractivity contribution in [2.45, 2.75) is 9.13 Å². The Morgan fingerprint density at radius 2 is 2.00 bits per heavy atom. The molecule has 0 aromatic heterocycles. The number of rotatable bonds is 1. The van der Waals surface area contributed by atoms with Crippen LogP contribution in [0.3, 0.4) is 0 Å². The van der Waals surface area contributed by atoms with Gasteiger partial charge in [0, 0.05) is 21.2 Å². The molecule has 0 aliphatic heterocycles. The summed E-state index contributed by atoms with van der Waals surface area (Å²) < 4.78 is 53.6.